The lowest BCUT2D eigenvalue weighted by atomic mass is 10.2. The van der Waals surface area contributed by atoms with Gasteiger partial charge in [0.05, 0.1) is 18.1 Å². The highest BCUT2D eigenvalue weighted by Gasteiger charge is 2.28. The number of ether oxygens (including phenoxy) is 2. The number of carbonyl (C=O) groups is 1. The summed E-state index contributed by atoms with van der Waals surface area (Å²) in [5.41, 5.74) is 0.796. The molecule has 7 nitrogen and oxygen atoms in total. The van der Waals surface area contributed by atoms with Gasteiger partial charge in [0.15, 0.2) is 17.7 Å². The number of nitrogens with one attached hydrogen (secondary N) is 1. The topological polar surface area (TPSA) is 84.9 Å². The Hall–Kier alpha value is -2.56. The van der Waals surface area contributed by atoms with Crippen molar-refractivity contribution in [2.24, 2.45) is 0 Å². The fourth-order valence-corrected chi connectivity index (χ4v) is 4.60. The van der Waals surface area contributed by atoms with E-state index in [1.54, 1.807) is 19.1 Å². The van der Waals surface area contributed by atoms with Crippen molar-refractivity contribution in [2.75, 3.05) is 31.6 Å². The molecule has 0 spiro atoms. The van der Waals surface area contributed by atoms with E-state index in [9.17, 15) is 22.0 Å². The Kier molecular flexibility index (Phi) is 6.69. The number of amides is 1. The normalized spacial score (nSPS) is 16.1. The quantitative estimate of drug-likeness (QED) is 0.747. The van der Waals surface area contributed by atoms with Crippen LogP contribution in [-0.4, -0.2) is 51.0 Å². The average Bonchev–Trinajstić information content (AvgIpc) is 2.72. The standard InChI is InChI=1S/C20H22F2N2O5S/c1-13-3-5-16(12-19(13)30(26,27)24-7-9-28-10-8-24)23-20(25)14(2)29-18-6-4-15(21)11-17(18)22/h3-6,11-12,14H,7-10H2,1-2H3,(H,23,25)/t14-/m0/s1. The number of aryl methyl sites for hydroxylation is 1. The molecular formula is C20H22F2N2O5S. The first-order valence-corrected chi connectivity index (χ1v) is 10.7. The molecule has 10 heteroatoms. The Morgan fingerprint density at radius 3 is 2.53 bits per heavy atom. The largest absolute Gasteiger partial charge is 0.478 e. The number of hydrogen-bond acceptors (Lipinski definition) is 5. The van der Waals surface area contributed by atoms with Crippen LogP contribution in [0, 0.1) is 18.6 Å². The van der Waals surface area contributed by atoms with Crippen LogP contribution in [0.5, 0.6) is 5.75 Å². The number of rotatable bonds is 6. The first kappa shape index (κ1) is 22.1. The third-order valence-electron chi connectivity index (χ3n) is 4.61. The van der Waals surface area contributed by atoms with Crippen molar-refractivity contribution in [2.45, 2.75) is 24.8 Å². The summed E-state index contributed by atoms with van der Waals surface area (Å²) < 4.78 is 64.4. The summed E-state index contributed by atoms with van der Waals surface area (Å²) in [6.45, 7) is 4.23. The molecule has 2 aromatic carbocycles. The molecule has 0 aliphatic carbocycles. The monoisotopic (exact) mass is 440 g/mol. The van der Waals surface area contributed by atoms with Crippen LogP contribution in [0.25, 0.3) is 0 Å². The van der Waals surface area contributed by atoms with Gasteiger partial charge < -0.3 is 14.8 Å². The van der Waals surface area contributed by atoms with Crippen molar-refractivity contribution in [3.8, 4) is 5.75 Å². The van der Waals surface area contributed by atoms with Gasteiger partial charge in [-0.15, -0.1) is 0 Å². The number of nitrogens with zero attached hydrogens (tertiary/aromatic N) is 1. The minimum Gasteiger partial charge on any atom is -0.478 e. The van der Waals surface area contributed by atoms with Crippen molar-refractivity contribution < 1.29 is 31.5 Å². The molecule has 1 fully saturated rings. The molecule has 3 rings (SSSR count). The van der Waals surface area contributed by atoms with E-state index in [2.05, 4.69) is 5.32 Å². The van der Waals surface area contributed by atoms with E-state index in [1.165, 1.54) is 17.3 Å². The molecule has 1 N–H and O–H groups in total. The van der Waals surface area contributed by atoms with Crippen molar-refractivity contribution in [3.05, 3.63) is 53.6 Å². The van der Waals surface area contributed by atoms with Gasteiger partial charge in [0.25, 0.3) is 5.91 Å². The summed E-state index contributed by atoms with van der Waals surface area (Å²) in [7, 11) is -3.74. The number of sulfonamides is 1. The molecule has 30 heavy (non-hydrogen) atoms. The molecule has 0 radical (unpaired) electrons. The van der Waals surface area contributed by atoms with Crippen LogP contribution in [0.15, 0.2) is 41.3 Å². The maximum Gasteiger partial charge on any atom is 0.265 e. The van der Waals surface area contributed by atoms with Gasteiger partial charge in [0.2, 0.25) is 10.0 Å². The van der Waals surface area contributed by atoms with Crippen molar-refractivity contribution in [1.82, 2.24) is 4.31 Å². The third-order valence-corrected chi connectivity index (χ3v) is 6.65. The molecule has 2 aromatic rings. The Morgan fingerprint density at radius 2 is 1.87 bits per heavy atom. The highest BCUT2D eigenvalue weighted by Crippen LogP contribution is 2.25. The molecule has 1 aliphatic rings. The van der Waals surface area contributed by atoms with Gasteiger partial charge in [-0.25, -0.2) is 17.2 Å². The minimum atomic E-state index is -3.74. The van der Waals surface area contributed by atoms with Crippen LogP contribution < -0.4 is 10.1 Å². The summed E-state index contributed by atoms with van der Waals surface area (Å²) in [5.74, 6) is -2.56. The SMILES string of the molecule is Cc1ccc(NC(=O)[C@H](C)Oc2ccc(F)cc2F)cc1S(=O)(=O)N1CCOCC1. The van der Waals surface area contributed by atoms with Gasteiger partial charge in [-0.1, -0.05) is 6.07 Å². The summed E-state index contributed by atoms with van der Waals surface area (Å²) in [6.07, 6.45) is -1.11. The fraction of sp³-hybridized carbons (Fsp3) is 0.350. The van der Waals surface area contributed by atoms with Crippen LogP contribution in [0.3, 0.4) is 0 Å². The highest BCUT2D eigenvalue weighted by atomic mass is 32.2. The molecule has 1 atom stereocenters. The summed E-state index contributed by atoms with van der Waals surface area (Å²) in [4.78, 5) is 12.5. The van der Waals surface area contributed by atoms with Crippen LogP contribution in [-0.2, 0) is 19.6 Å². The van der Waals surface area contributed by atoms with Crippen molar-refractivity contribution >= 4 is 21.6 Å². The van der Waals surface area contributed by atoms with Gasteiger partial charge in [-0.2, -0.15) is 4.31 Å². The second-order valence-electron chi connectivity index (χ2n) is 6.82. The molecule has 0 aromatic heterocycles. The van der Waals surface area contributed by atoms with E-state index >= 15 is 0 Å². The molecular weight excluding hydrogens is 418 g/mol. The maximum atomic E-state index is 13.7. The lowest BCUT2D eigenvalue weighted by Crippen LogP contribution is -2.40. The lowest BCUT2D eigenvalue weighted by Gasteiger charge is -2.27. The second kappa shape index (κ2) is 9.07. The summed E-state index contributed by atoms with van der Waals surface area (Å²) in [6, 6.07) is 7.30. The number of morpholine rings is 1. The zero-order chi connectivity index (χ0) is 21.9. The molecule has 1 saturated heterocycles. The van der Waals surface area contributed by atoms with E-state index in [0.717, 1.165) is 12.1 Å². The molecule has 1 aliphatic heterocycles. The second-order valence-corrected chi connectivity index (χ2v) is 8.73. The number of carbonyl (C=O) groups excluding carboxylic acids is 1. The molecule has 1 heterocycles. The number of benzene rings is 2. The van der Waals surface area contributed by atoms with E-state index in [1.807, 2.05) is 0 Å². The van der Waals surface area contributed by atoms with Gasteiger partial charge >= 0.3 is 0 Å². The first-order chi connectivity index (χ1) is 14.2. The number of anilines is 1. The number of halogens is 2. The minimum absolute atomic E-state index is 0.0837. The van der Waals surface area contributed by atoms with E-state index in [4.69, 9.17) is 9.47 Å². The van der Waals surface area contributed by atoms with Crippen LogP contribution >= 0.6 is 0 Å². The first-order valence-electron chi connectivity index (χ1n) is 9.29. The van der Waals surface area contributed by atoms with Crippen LogP contribution in [0.2, 0.25) is 0 Å². The predicted octanol–water partition coefficient (Wildman–Crippen LogP) is 2.70. The number of hydrogen-bond donors (Lipinski definition) is 1. The third kappa shape index (κ3) is 4.94. The van der Waals surface area contributed by atoms with Crippen LogP contribution in [0.4, 0.5) is 14.5 Å². The highest BCUT2D eigenvalue weighted by molar-refractivity contribution is 7.89. The smallest absolute Gasteiger partial charge is 0.265 e. The zero-order valence-electron chi connectivity index (χ0n) is 16.5. The molecule has 162 valence electrons. The Bertz CT molecular complexity index is 1040. The van der Waals surface area contributed by atoms with Crippen molar-refractivity contribution in [1.29, 1.82) is 0 Å². The Balaban J connectivity index is 1.75. The van der Waals surface area contributed by atoms with Gasteiger partial charge in [0, 0.05) is 24.8 Å². The lowest BCUT2D eigenvalue weighted by molar-refractivity contribution is -0.122. The fourth-order valence-electron chi connectivity index (χ4n) is 2.94. The molecule has 1 amide bonds. The summed E-state index contributed by atoms with van der Waals surface area (Å²) >= 11 is 0. The van der Waals surface area contributed by atoms with Gasteiger partial charge in [0.1, 0.15) is 5.82 Å². The van der Waals surface area contributed by atoms with E-state index < -0.39 is 33.7 Å². The molecule has 0 unspecified atom stereocenters. The van der Waals surface area contributed by atoms with Crippen molar-refractivity contribution in [3.63, 3.8) is 0 Å². The average molecular weight is 440 g/mol. The molecule has 0 bridgehead atoms. The predicted molar refractivity (Wildman–Crippen MR) is 106 cm³/mol. The van der Waals surface area contributed by atoms with E-state index in [0.29, 0.717) is 24.8 Å². The maximum absolute atomic E-state index is 13.7. The summed E-state index contributed by atoms with van der Waals surface area (Å²) in [5, 5.41) is 2.57. The van der Waals surface area contributed by atoms with E-state index in [-0.39, 0.29) is 29.4 Å². The van der Waals surface area contributed by atoms with Crippen LogP contribution in [0.1, 0.15) is 12.5 Å². The Labute approximate surface area is 173 Å². The van der Waals surface area contributed by atoms with Gasteiger partial charge in [-0.05, 0) is 43.7 Å². The zero-order valence-corrected chi connectivity index (χ0v) is 17.3. The molecule has 0 saturated carbocycles. The Morgan fingerprint density at radius 1 is 1.17 bits per heavy atom. The van der Waals surface area contributed by atoms with Gasteiger partial charge in [-0.3, -0.25) is 4.79 Å².